The summed E-state index contributed by atoms with van der Waals surface area (Å²) in [5.41, 5.74) is 3.36. The molecule has 4 rings (SSSR count). The first-order valence-corrected chi connectivity index (χ1v) is 10.1. The second-order valence-electron chi connectivity index (χ2n) is 7.30. The number of amides is 2. The standard InChI is InChI=1S/C23H22N4O5/c1-14-22(15(2)27(26-14)16-8-4-3-5-9-16)25-20(28)13-31-21(29)12-19-23(30)24-17-10-6-7-11-18(17)32-19/h3-11,19H,12-13H2,1-2H3,(H,24,30)(H,25,28). The molecule has 1 aliphatic rings. The highest BCUT2D eigenvalue weighted by molar-refractivity contribution is 6.00. The van der Waals surface area contributed by atoms with Crippen LogP contribution >= 0.6 is 0 Å². The van der Waals surface area contributed by atoms with Crippen molar-refractivity contribution in [1.82, 2.24) is 9.78 Å². The average Bonchev–Trinajstić information content (AvgIpc) is 3.07. The summed E-state index contributed by atoms with van der Waals surface area (Å²) in [5, 5.41) is 9.89. The minimum Gasteiger partial charge on any atom is -0.478 e. The molecular weight excluding hydrogens is 412 g/mol. The molecule has 1 unspecified atom stereocenters. The maximum absolute atomic E-state index is 12.4. The summed E-state index contributed by atoms with van der Waals surface area (Å²) in [4.78, 5) is 36.7. The van der Waals surface area contributed by atoms with Crippen molar-refractivity contribution in [3.63, 3.8) is 0 Å². The van der Waals surface area contributed by atoms with E-state index in [0.717, 1.165) is 11.4 Å². The number of carbonyl (C=O) groups excluding carboxylic acids is 3. The second-order valence-corrected chi connectivity index (χ2v) is 7.30. The summed E-state index contributed by atoms with van der Waals surface area (Å²) in [5.74, 6) is -1.18. The minimum absolute atomic E-state index is 0.308. The molecule has 2 N–H and O–H groups in total. The van der Waals surface area contributed by atoms with Gasteiger partial charge in [-0.1, -0.05) is 30.3 Å². The number of ether oxygens (including phenoxy) is 2. The molecule has 9 nitrogen and oxygen atoms in total. The van der Waals surface area contributed by atoms with Crippen LogP contribution in [-0.2, 0) is 19.1 Å². The van der Waals surface area contributed by atoms with E-state index in [9.17, 15) is 14.4 Å². The Kier molecular flexibility index (Phi) is 5.89. The number of nitrogens with one attached hydrogen (secondary N) is 2. The van der Waals surface area contributed by atoms with Crippen molar-refractivity contribution >= 4 is 29.2 Å². The molecule has 0 aliphatic carbocycles. The molecule has 3 aromatic rings. The first-order chi connectivity index (χ1) is 15.4. The van der Waals surface area contributed by atoms with Crippen LogP contribution in [0.25, 0.3) is 5.69 Å². The topological polar surface area (TPSA) is 112 Å². The molecule has 32 heavy (non-hydrogen) atoms. The number of aryl methyl sites for hydroxylation is 1. The van der Waals surface area contributed by atoms with E-state index in [1.165, 1.54) is 0 Å². The van der Waals surface area contributed by atoms with Gasteiger partial charge in [-0.15, -0.1) is 0 Å². The maximum Gasteiger partial charge on any atom is 0.310 e. The number of benzene rings is 2. The Labute approximate surface area is 184 Å². The molecule has 0 spiro atoms. The number of anilines is 2. The molecule has 164 valence electrons. The summed E-state index contributed by atoms with van der Waals surface area (Å²) in [7, 11) is 0. The van der Waals surface area contributed by atoms with E-state index < -0.39 is 30.5 Å². The van der Waals surface area contributed by atoms with Gasteiger partial charge in [-0.2, -0.15) is 5.10 Å². The number of hydrogen-bond donors (Lipinski definition) is 2. The molecule has 1 atom stereocenters. The van der Waals surface area contributed by atoms with Gasteiger partial charge in [0, 0.05) is 0 Å². The summed E-state index contributed by atoms with van der Waals surface area (Å²) in [6.07, 6.45) is -1.33. The highest BCUT2D eigenvalue weighted by atomic mass is 16.5. The Balaban J connectivity index is 1.32. The first-order valence-electron chi connectivity index (χ1n) is 10.1. The third-order valence-electron chi connectivity index (χ3n) is 4.98. The van der Waals surface area contributed by atoms with Crippen molar-refractivity contribution in [1.29, 1.82) is 0 Å². The van der Waals surface area contributed by atoms with Gasteiger partial charge in [-0.05, 0) is 38.1 Å². The lowest BCUT2D eigenvalue weighted by molar-refractivity contribution is -0.150. The van der Waals surface area contributed by atoms with Crippen molar-refractivity contribution in [3.05, 3.63) is 66.0 Å². The smallest absolute Gasteiger partial charge is 0.310 e. The monoisotopic (exact) mass is 434 g/mol. The van der Waals surface area contributed by atoms with Gasteiger partial charge in [0.1, 0.15) is 5.75 Å². The van der Waals surface area contributed by atoms with Crippen LogP contribution in [0.15, 0.2) is 54.6 Å². The van der Waals surface area contributed by atoms with Crippen LogP contribution in [0.5, 0.6) is 5.75 Å². The molecule has 2 heterocycles. The summed E-state index contributed by atoms with van der Waals surface area (Å²) in [6, 6.07) is 16.5. The van der Waals surface area contributed by atoms with E-state index in [2.05, 4.69) is 15.7 Å². The van der Waals surface area contributed by atoms with E-state index in [-0.39, 0.29) is 6.42 Å². The molecule has 2 aromatic carbocycles. The van der Waals surface area contributed by atoms with Crippen LogP contribution in [0, 0.1) is 13.8 Å². The van der Waals surface area contributed by atoms with Crippen LogP contribution in [0.2, 0.25) is 0 Å². The van der Waals surface area contributed by atoms with Crippen molar-refractivity contribution < 1.29 is 23.9 Å². The van der Waals surface area contributed by atoms with Gasteiger partial charge in [0.25, 0.3) is 11.8 Å². The van der Waals surface area contributed by atoms with E-state index >= 15 is 0 Å². The highest BCUT2D eigenvalue weighted by Crippen LogP contribution is 2.29. The lowest BCUT2D eigenvalue weighted by atomic mass is 10.1. The van der Waals surface area contributed by atoms with Gasteiger partial charge in [-0.25, -0.2) is 4.68 Å². The SMILES string of the molecule is Cc1nn(-c2ccccc2)c(C)c1NC(=O)COC(=O)CC1Oc2ccccc2NC1=O. The van der Waals surface area contributed by atoms with E-state index in [1.54, 1.807) is 35.9 Å². The number of nitrogens with zero attached hydrogens (tertiary/aromatic N) is 2. The third kappa shape index (κ3) is 4.46. The molecule has 9 heteroatoms. The fourth-order valence-corrected chi connectivity index (χ4v) is 3.40. The van der Waals surface area contributed by atoms with Crippen molar-refractivity contribution in [2.24, 2.45) is 0 Å². The summed E-state index contributed by atoms with van der Waals surface area (Å²) >= 11 is 0. The summed E-state index contributed by atoms with van der Waals surface area (Å²) < 4.78 is 12.3. The van der Waals surface area contributed by atoms with Crippen LogP contribution < -0.4 is 15.4 Å². The molecule has 0 saturated carbocycles. The van der Waals surface area contributed by atoms with Crippen molar-refractivity contribution in [2.75, 3.05) is 17.2 Å². The van der Waals surface area contributed by atoms with E-state index in [0.29, 0.717) is 22.8 Å². The number of fused-ring (bicyclic) bond motifs is 1. The van der Waals surface area contributed by atoms with E-state index in [4.69, 9.17) is 9.47 Å². The summed E-state index contributed by atoms with van der Waals surface area (Å²) in [6.45, 7) is 3.13. The normalized spacial score (nSPS) is 14.7. The fourth-order valence-electron chi connectivity index (χ4n) is 3.40. The predicted molar refractivity (Wildman–Crippen MR) is 117 cm³/mol. The lowest BCUT2D eigenvalue weighted by Crippen LogP contribution is -2.39. The van der Waals surface area contributed by atoms with Gasteiger partial charge in [0.15, 0.2) is 12.7 Å². The third-order valence-corrected chi connectivity index (χ3v) is 4.98. The van der Waals surface area contributed by atoms with Crippen LogP contribution in [0.3, 0.4) is 0 Å². The molecule has 1 aromatic heterocycles. The Morgan fingerprint density at radius 2 is 1.84 bits per heavy atom. The fraction of sp³-hybridized carbons (Fsp3) is 0.217. The van der Waals surface area contributed by atoms with Crippen LogP contribution in [0.1, 0.15) is 17.8 Å². The quantitative estimate of drug-likeness (QED) is 0.577. The Hall–Kier alpha value is -4.14. The number of carbonyl (C=O) groups is 3. The number of esters is 1. The molecule has 0 radical (unpaired) electrons. The zero-order valence-corrected chi connectivity index (χ0v) is 17.6. The van der Waals surface area contributed by atoms with Gasteiger partial charge in [0.2, 0.25) is 0 Å². The maximum atomic E-state index is 12.4. The van der Waals surface area contributed by atoms with Crippen molar-refractivity contribution in [3.8, 4) is 11.4 Å². The number of para-hydroxylation sites is 3. The van der Waals surface area contributed by atoms with Gasteiger partial charge < -0.3 is 20.1 Å². The minimum atomic E-state index is -1.02. The van der Waals surface area contributed by atoms with Gasteiger partial charge in [0.05, 0.1) is 34.9 Å². The van der Waals surface area contributed by atoms with Gasteiger partial charge in [-0.3, -0.25) is 14.4 Å². The molecule has 0 fully saturated rings. The molecule has 2 amide bonds. The molecule has 0 bridgehead atoms. The highest BCUT2D eigenvalue weighted by Gasteiger charge is 2.30. The first kappa shape index (κ1) is 21.1. The second kappa shape index (κ2) is 8.93. The Morgan fingerprint density at radius 3 is 2.62 bits per heavy atom. The number of aromatic nitrogens is 2. The van der Waals surface area contributed by atoms with E-state index in [1.807, 2.05) is 37.3 Å². The molecule has 0 saturated heterocycles. The predicted octanol–water partition coefficient (Wildman–Crippen LogP) is 2.76. The average molecular weight is 434 g/mol. The number of hydrogen-bond acceptors (Lipinski definition) is 6. The van der Waals surface area contributed by atoms with Gasteiger partial charge >= 0.3 is 5.97 Å². The lowest BCUT2D eigenvalue weighted by Gasteiger charge is -2.25. The zero-order valence-electron chi connectivity index (χ0n) is 17.6. The van der Waals surface area contributed by atoms with Crippen molar-refractivity contribution in [2.45, 2.75) is 26.4 Å². The molecule has 1 aliphatic heterocycles. The number of rotatable bonds is 6. The Bertz CT molecular complexity index is 1170. The van der Waals surface area contributed by atoms with Crippen LogP contribution in [-0.4, -0.2) is 40.3 Å². The Morgan fingerprint density at radius 1 is 1.12 bits per heavy atom. The molecular formula is C23H22N4O5. The van der Waals surface area contributed by atoms with Crippen LogP contribution in [0.4, 0.5) is 11.4 Å². The zero-order chi connectivity index (χ0) is 22.7. The largest absolute Gasteiger partial charge is 0.478 e.